The van der Waals surface area contributed by atoms with Crippen LogP contribution >= 0.6 is 0 Å². The number of hydrogen-bond donors (Lipinski definition) is 0. The van der Waals surface area contributed by atoms with Gasteiger partial charge in [-0.3, -0.25) is 4.79 Å². The molecule has 1 aliphatic rings. The lowest BCUT2D eigenvalue weighted by molar-refractivity contribution is -0.117. The monoisotopic (exact) mass is 379 g/mol. The van der Waals surface area contributed by atoms with Crippen molar-refractivity contribution in [1.82, 2.24) is 10.1 Å². The summed E-state index contributed by atoms with van der Waals surface area (Å²) in [5, 5.41) is 4.09. The van der Waals surface area contributed by atoms with E-state index in [-0.39, 0.29) is 11.8 Å². The van der Waals surface area contributed by atoms with E-state index in [0.29, 0.717) is 36.2 Å². The van der Waals surface area contributed by atoms with Gasteiger partial charge in [-0.15, -0.1) is 0 Å². The van der Waals surface area contributed by atoms with Crippen LogP contribution in [-0.2, 0) is 4.79 Å². The molecule has 2 aromatic carbocycles. The first kappa shape index (κ1) is 18.0. The van der Waals surface area contributed by atoms with Crippen LogP contribution < -0.4 is 14.4 Å². The molecular formula is C21H21N3O4. The highest BCUT2D eigenvalue weighted by Crippen LogP contribution is 2.37. The molecule has 0 bridgehead atoms. The summed E-state index contributed by atoms with van der Waals surface area (Å²) in [5.41, 5.74) is 2.57. The molecule has 0 aliphatic carbocycles. The summed E-state index contributed by atoms with van der Waals surface area (Å²) in [6, 6.07) is 13.3. The van der Waals surface area contributed by atoms with E-state index in [2.05, 4.69) is 10.1 Å². The first-order valence-electron chi connectivity index (χ1n) is 9.02. The molecule has 7 heteroatoms. The van der Waals surface area contributed by atoms with Gasteiger partial charge < -0.3 is 18.9 Å². The Hall–Kier alpha value is -3.35. The van der Waals surface area contributed by atoms with Crippen LogP contribution in [0.15, 0.2) is 47.0 Å². The van der Waals surface area contributed by atoms with Crippen LogP contribution in [0.2, 0.25) is 0 Å². The van der Waals surface area contributed by atoms with Gasteiger partial charge in [0.05, 0.1) is 31.4 Å². The molecule has 1 aromatic heterocycles. The molecule has 0 saturated carbocycles. The molecule has 144 valence electrons. The highest BCUT2D eigenvalue weighted by atomic mass is 16.5. The topological polar surface area (TPSA) is 77.7 Å². The van der Waals surface area contributed by atoms with Crippen LogP contribution in [0.3, 0.4) is 0 Å². The Morgan fingerprint density at radius 2 is 1.89 bits per heavy atom. The summed E-state index contributed by atoms with van der Waals surface area (Å²) in [7, 11) is 3.20. The maximum atomic E-state index is 12.7. The second kappa shape index (κ2) is 7.34. The molecule has 1 amide bonds. The number of benzene rings is 2. The molecule has 1 fully saturated rings. The van der Waals surface area contributed by atoms with Crippen LogP contribution in [0.1, 0.15) is 23.8 Å². The molecule has 1 unspecified atom stereocenters. The highest BCUT2D eigenvalue weighted by molar-refractivity contribution is 5.97. The van der Waals surface area contributed by atoms with Gasteiger partial charge in [-0.2, -0.15) is 4.98 Å². The van der Waals surface area contributed by atoms with Crippen LogP contribution in [0.5, 0.6) is 11.5 Å². The van der Waals surface area contributed by atoms with Gasteiger partial charge in [0, 0.05) is 13.0 Å². The molecule has 1 atom stereocenters. The number of rotatable bonds is 5. The Morgan fingerprint density at radius 3 is 2.68 bits per heavy atom. The van der Waals surface area contributed by atoms with Gasteiger partial charge in [-0.1, -0.05) is 23.4 Å². The third kappa shape index (κ3) is 3.19. The van der Waals surface area contributed by atoms with Crippen LogP contribution in [0, 0.1) is 6.92 Å². The Labute approximate surface area is 162 Å². The Kier molecular flexibility index (Phi) is 4.73. The second-order valence-corrected chi connectivity index (χ2v) is 6.74. The number of para-hydroxylation sites is 1. The van der Waals surface area contributed by atoms with E-state index in [4.69, 9.17) is 14.0 Å². The predicted molar refractivity (Wildman–Crippen MR) is 104 cm³/mol. The van der Waals surface area contributed by atoms with E-state index >= 15 is 0 Å². The van der Waals surface area contributed by atoms with E-state index in [1.54, 1.807) is 19.1 Å². The third-order valence-corrected chi connectivity index (χ3v) is 4.89. The number of carbonyl (C=O) groups is 1. The van der Waals surface area contributed by atoms with Gasteiger partial charge in [0.25, 0.3) is 0 Å². The second-order valence-electron chi connectivity index (χ2n) is 6.74. The van der Waals surface area contributed by atoms with E-state index in [0.717, 1.165) is 16.8 Å². The normalized spacial score (nSPS) is 16.5. The lowest BCUT2D eigenvalue weighted by Crippen LogP contribution is -2.25. The Morgan fingerprint density at radius 1 is 1.11 bits per heavy atom. The quantitative estimate of drug-likeness (QED) is 0.674. The van der Waals surface area contributed by atoms with Gasteiger partial charge >= 0.3 is 0 Å². The van der Waals surface area contributed by atoms with Crippen molar-refractivity contribution in [2.45, 2.75) is 19.3 Å². The number of ether oxygens (including phenoxy) is 2. The molecule has 3 aromatic rings. The number of aryl methyl sites for hydroxylation is 1. The van der Waals surface area contributed by atoms with Crippen molar-refractivity contribution in [3.63, 3.8) is 0 Å². The maximum absolute atomic E-state index is 12.7. The minimum Gasteiger partial charge on any atom is -0.496 e. The Balaban J connectivity index is 1.60. The zero-order valence-corrected chi connectivity index (χ0v) is 16.0. The van der Waals surface area contributed by atoms with Gasteiger partial charge in [0.2, 0.25) is 17.6 Å². The predicted octanol–water partition coefficient (Wildman–Crippen LogP) is 3.58. The average molecular weight is 379 g/mol. The number of hydrogen-bond acceptors (Lipinski definition) is 6. The van der Waals surface area contributed by atoms with Crippen molar-refractivity contribution in [1.29, 1.82) is 0 Å². The highest BCUT2D eigenvalue weighted by Gasteiger charge is 2.36. The van der Waals surface area contributed by atoms with E-state index in [1.165, 1.54) is 0 Å². The van der Waals surface area contributed by atoms with Crippen LogP contribution in [-0.4, -0.2) is 36.8 Å². The molecular weight excluding hydrogens is 358 g/mol. The minimum atomic E-state index is -0.173. The fraction of sp³-hybridized carbons (Fsp3) is 0.286. The zero-order valence-electron chi connectivity index (χ0n) is 16.0. The van der Waals surface area contributed by atoms with Crippen LogP contribution in [0.4, 0.5) is 5.69 Å². The number of aromatic nitrogens is 2. The van der Waals surface area contributed by atoms with E-state index in [9.17, 15) is 4.79 Å². The van der Waals surface area contributed by atoms with Crippen molar-refractivity contribution in [3.05, 3.63) is 53.9 Å². The molecule has 0 radical (unpaired) electrons. The van der Waals surface area contributed by atoms with Gasteiger partial charge in [0.1, 0.15) is 11.5 Å². The SMILES string of the molecule is COc1ccccc1-c1noc(C2CC(=O)N(c3cc(C)ccc3OC)C2)n1. The molecule has 0 N–H and O–H groups in total. The molecule has 0 spiro atoms. The third-order valence-electron chi connectivity index (χ3n) is 4.89. The van der Waals surface area contributed by atoms with E-state index < -0.39 is 0 Å². The van der Waals surface area contributed by atoms with Crippen molar-refractivity contribution in [2.24, 2.45) is 0 Å². The molecule has 4 rings (SSSR count). The Bertz CT molecular complexity index is 1010. The van der Waals surface area contributed by atoms with Crippen molar-refractivity contribution >= 4 is 11.6 Å². The largest absolute Gasteiger partial charge is 0.496 e. The molecule has 1 saturated heterocycles. The average Bonchev–Trinajstić information content (AvgIpc) is 3.34. The fourth-order valence-electron chi connectivity index (χ4n) is 3.46. The fourth-order valence-corrected chi connectivity index (χ4v) is 3.46. The zero-order chi connectivity index (χ0) is 19.7. The first-order valence-corrected chi connectivity index (χ1v) is 9.02. The van der Waals surface area contributed by atoms with E-state index in [1.807, 2.05) is 49.4 Å². The van der Waals surface area contributed by atoms with Crippen molar-refractivity contribution in [2.75, 3.05) is 25.7 Å². The molecule has 2 heterocycles. The van der Waals surface area contributed by atoms with Gasteiger partial charge in [-0.05, 0) is 36.8 Å². The number of carbonyl (C=O) groups excluding carboxylic acids is 1. The maximum Gasteiger partial charge on any atom is 0.232 e. The standard InChI is InChI=1S/C21H21N3O4/c1-13-8-9-18(27-3)16(10-13)24-12-14(11-19(24)25)21-22-20(23-28-21)15-6-4-5-7-17(15)26-2/h4-10,14H,11-12H2,1-3H3. The molecule has 28 heavy (non-hydrogen) atoms. The lowest BCUT2D eigenvalue weighted by Gasteiger charge is -2.19. The summed E-state index contributed by atoms with van der Waals surface area (Å²) in [4.78, 5) is 18.9. The first-order chi connectivity index (χ1) is 13.6. The number of methoxy groups -OCH3 is 2. The van der Waals surface area contributed by atoms with Crippen molar-refractivity contribution in [3.8, 4) is 22.9 Å². The summed E-state index contributed by atoms with van der Waals surface area (Å²) in [6.45, 7) is 2.45. The molecule has 1 aliphatic heterocycles. The summed E-state index contributed by atoms with van der Waals surface area (Å²) < 4.78 is 16.3. The number of amides is 1. The number of anilines is 1. The van der Waals surface area contributed by atoms with Crippen molar-refractivity contribution < 1.29 is 18.8 Å². The molecule has 7 nitrogen and oxygen atoms in total. The smallest absolute Gasteiger partial charge is 0.232 e. The summed E-state index contributed by atoms with van der Waals surface area (Å²) >= 11 is 0. The summed E-state index contributed by atoms with van der Waals surface area (Å²) in [5.74, 6) is 2.07. The van der Waals surface area contributed by atoms with Gasteiger partial charge in [0.15, 0.2) is 0 Å². The van der Waals surface area contributed by atoms with Gasteiger partial charge in [-0.25, -0.2) is 0 Å². The number of nitrogens with zero attached hydrogens (tertiary/aromatic N) is 3. The van der Waals surface area contributed by atoms with Crippen LogP contribution in [0.25, 0.3) is 11.4 Å². The summed E-state index contributed by atoms with van der Waals surface area (Å²) in [6.07, 6.45) is 0.310. The lowest BCUT2D eigenvalue weighted by atomic mass is 10.1. The minimum absolute atomic E-state index is 0.00550.